The number of benzene rings is 2. The van der Waals surface area contributed by atoms with E-state index in [1.54, 1.807) is 24.3 Å². The third-order valence-corrected chi connectivity index (χ3v) is 3.70. The predicted molar refractivity (Wildman–Crippen MR) is 82.1 cm³/mol. The Morgan fingerprint density at radius 3 is 2.45 bits per heavy atom. The quantitative estimate of drug-likeness (QED) is 0.684. The Kier molecular flexibility index (Phi) is 3.49. The maximum Gasteiger partial charge on any atom is 0.195 e. The van der Waals surface area contributed by atoms with Gasteiger partial charge in [0.1, 0.15) is 5.75 Å². The van der Waals surface area contributed by atoms with Gasteiger partial charge in [0, 0.05) is 21.3 Å². The van der Waals surface area contributed by atoms with Crippen molar-refractivity contribution in [1.29, 1.82) is 0 Å². The van der Waals surface area contributed by atoms with Crippen LogP contribution in [0.1, 0.15) is 28.8 Å². The van der Waals surface area contributed by atoms with E-state index in [0.717, 1.165) is 23.1 Å². The second-order valence-corrected chi connectivity index (χ2v) is 5.82. The van der Waals surface area contributed by atoms with Crippen LogP contribution < -0.4 is 10.5 Å². The molecule has 0 unspecified atom stereocenters. The summed E-state index contributed by atoms with van der Waals surface area (Å²) >= 11 is 3.33. The van der Waals surface area contributed by atoms with Crippen molar-refractivity contribution in [3.05, 3.63) is 58.1 Å². The average molecular weight is 332 g/mol. The lowest BCUT2D eigenvalue weighted by Crippen LogP contribution is -2.05. The number of nitrogens with two attached hydrogens (primary N) is 1. The van der Waals surface area contributed by atoms with Crippen LogP contribution in [0.5, 0.6) is 5.75 Å². The summed E-state index contributed by atoms with van der Waals surface area (Å²) in [6.07, 6.45) is 2.60. The molecular formula is C16H14BrNO2. The summed E-state index contributed by atoms with van der Waals surface area (Å²) in [6.45, 7) is 0. The fraction of sp³-hybridized carbons (Fsp3) is 0.188. The molecule has 0 radical (unpaired) electrons. The van der Waals surface area contributed by atoms with Gasteiger partial charge in [-0.2, -0.15) is 0 Å². The molecule has 0 amide bonds. The number of halogens is 1. The Bertz CT molecular complexity index is 648. The molecular weight excluding hydrogens is 318 g/mol. The maximum atomic E-state index is 12.4. The van der Waals surface area contributed by atoms with Gasteiger partial charge in [-0.15, -0.1) is 0 Å². The predicted octanol–water partition coefficient (Wildman–Crippen LogP) is 3.80. The Morgan fingerprint density at radius 1 is 1.15 bits per heavy atom. The Labute approximate surface area is 125 Å². The standard InChI is InChI=1S/C16H14BrNO2/c17-11-3-8-14(15(18)9-11)16(19)10-1-4-12(5-2-10)20-13-6-7-13/h1-5,8-9,13H,6-7,18H2. The summed E-state index contributed by atoms with van der Waals surface area (Å²) < 4.78 is 6.52. The van der Waals surface area contributed by atoms with E-state index in [-0.39, 0.29) is 5.78 Å². The molecule has 20 heavy (non-hydrogen) atoms. The smallest absolute Gasteiger partial charge is 0.195 e. The normalized spacial score (nSPS) is 14.1. The maximum absolute atomic E-state index is 12.4. The van der Waals surface area contributed by atoms with E-state index in [4.69, 9.17) is 10.5 Å². The number of carbonyl (C=O) groups excluding carboxylic acids is 1. The van der Waals surface area contributed by atoms with E-state index in [1.165, 1.54) is 0 Å². The van der Waals surface area contributed by atoms with Gasteiger partial charge in [-0.05, 0) is 55.3 Å². The molecule has 2 aromatic rings. The van der Waals surface area contributed by atoms with Crippen LogP contribution in [0.2, 0.25) is 0 Å². The fourth-order valence-corrected chi connectivity index (χ4v) is 2.34. The van der Waals surface area contributed by atoms with Crippen LogP contribution in [-0.4, -0.2) is 11.9 Å². The van der Waals surface area contributed by atoms with Crippen LogP contribution in [0.4, 0.5) is 5.69 Å². The van der Waals surface area contributed by atoms with Gasteiger partial charge in [-0.1, -0.05) is 15.9 Å². The minimum absolute atomic E-state index is 0.0760. The first-order valence-corrected chi connectivity index (χ1v) is 7.29. The molecule has 0 heterocycles. The highest BCUT2D eigenvalue weighted by Crippen LogP contribution is 2.27. The van der Waals surface area contributed by atoms with Crippen LogP contribution in [0.15, 0.2) is 46.9 Å². The van der Waals surface area contributed by atoms with Crippen molar-refractivity contribution >= 4 is 27.4 Å². The molecule has 1 aliphatic rings. The largest absolute Gasteiger partial charge is 0.490 e. The van der Waals surface area contributed by atoms with Crippen molar-refractivity contribution in [1.82, 2.24) is 0 Å². The van der Waals surface area contributed by atoms with E-state index in [1.807, 2.05) is 18.2 Å². The SMILES string of the molecule is Nc1cc(Br)ccc1C(=O)c1ccc(OC2CC2)cc1. The van der Waals surface area contributed by atoms with Gasteiger partial charge < -0.3 is 10.5 Å². The Balaban J connectivity index is 1.82. The molecule has 3 rings (SSSR count). The summed E-state index contributed by atoms with van der Waals surface area (Å²) in [7, 11) is 0. The highest BCUT2D eigenvalue weighted by Gasteiger charge is 2.23. The monoisotopic (exact) mass is 331 g/mol. The molecule has 102 valence electrons. The van der Waals surface area contributed by atoms with E-state index in [2.05, 4.69) is 15.9 Å². The lowest BCUT2D eigenvalue weighted by Gasteiger charge is -2.07. The van der Waals surface area contributed by atoms with E-state index in [9.17, 15) is 4.79 Å². The van der Waals surface area contributed by atoms with Crippen molar-refractivity contribution < 1.29 is 9.53 Å². The fourth-order valence-electron chi connectivity index (χ4n) is 1.96. The summed E-state index contributed by atoms with van der Waals surface area (Å²) in [4.78, 5) is 12.4. The number of carbonyl (C=O) groups is 1. The zero-order chi connectivity index (χ0) is 14.1. The molecule has 0 aromatic heterocycles. The van der Waals surface area contributed by atoms with E-state index < -0.39 is 0 Å². The number of hydrogen-bond donors (Lipinski definition) is 1. The van der Waals surface area contributed by atoms with Crippen LogP contribution >= 0.6 is 15.9 Å². The number of rotatable bonds is 4. The number of hydrogen-bond acceptors (Lipinski definition) is 3. The first kappa shape index (κ1) is 13.2. The van der Waals surface area contributed by atoms with Gasteiger partial charge in [0.2, 0.25) is 0 Å². The molecule has 0 spiro atoms. The highest BCUT2D eigenvalue weighted by atomic mass is 79.9. The van der Waals surface area contributed by atoms with Gasteiger partial charge in [0.25, 0.3) is 0 Å². The zero-order valence-corrected chi connectivity index (χ0v) is 12.4. The van der Waals surface area contributed by atoms with Crippen LogP contribution in [-0.2, 0) is 0 Å². The lowest BCUT2D eigenvalue weighted by atomic mass is 10.0. The first-order valence-electron chi connectivity index (χ1n) is 6.50. The molecule has 0 atom stereocenters. The van der Waals surface area contributed by atoms with Crippen molar-refractivity contribution in [2.75, 3.05) is 5.73 Å². The van der Waals surface area contributed by atoms with Crippen molar-refractivity contribution in [2.24, 2.45) is 0 Å². The van der Waals surface area contributed by atoms with Gasteiger partial charge in [-0.3, -0.25) is 4.79 Å². The molecule has 1 fully saturated rings. The number of ether oxygens (including phenoxy) is 1. The molecule has 3 nitrogen and oxygen atoms in total. The molecule has 1 saturated carbocycles. The minimum Gasteiger partial charge on any atom is -0.490 e. The van der Waals surface area contributed by atoms with Gasteiger partial charge >= 0.3 is 0 Å². The van der Waals surface area contributed by atoms with E-state index >= 15 is 0 Å². The molecule has 2 aromatic carbocycles. The van der Waals surface area contributed by atoms with Crippen molar-refractivity contribution in [3.63, 3.8) is 0 Å². The second-order valence-electron chi connectivity index (χ2n) is 4.90. The van der Waals surface area contributed by atoms with Crippen LogP contribution in [0, 0.1) is 0 Å². The van der Waals surface area contributed by atoms with Gasteiger partial charge in [0.15, 0.2) is 5.78 Å². The van der Waals surface area contributed by atoms with Gasteiger partial charge in [0.05, 0.1) is 6.10 Å². The summed E-state index contributed by atoms with van der Waals surface area (Å²) in [6, 6.07) is 12.5. The number of anilines is 1. The Morgan fingerprint density at radius 2 is 1.85 bits per heavy atom. The van der Waals surface area contributed by atoms with Crippen molar-refractivity contribution in [2.45, 2.75) is 18.9 Å². The molecule has 1 aliphatic carbocycles. The van der Waals surface area contributed by atoms with Gasteiger partial charge in [-0.25, -0.2) is 0 Å². The molecule has 0 aliphatic heterocycles. The highest BCUT2D eigenvalue weighted by molar-refractivity contribution is 9.10. The van der Waals surface area contributed by atoms with Crippen LogP contribution in [0.25, 0.3) is 0 Å². The average Bonchev–Trinajstić information content (AvgIpc) is 3.23. The molecule has 2 N–H and O–H groups in total. The molecule has 0 saturated heterocycles. The Hall–Kier alpha value is -1.81. The van der Waals surface area contributed by atoms with Crippen LogP contribution in [0.3, 0.4) is 0 Å². The summed E-state index contributed by atoms with van der Waals surface area (Å²) in [5, 5.41) is 0. The third-order valence-electron chi connectivity index (χ3n) is 3.20. The van der Waals surface area contributed by atoms with Crippen molar-refractivity contribution in [3.8, 4) is 5.75 Å². The summed E-state index contributed by atoms with van der Waals surface area (Å²) in [5.41, 5.74) is 7.49. The van der Waals surface area contributed by atoms with E-state index in [0.29, 0.717) is 22.9 Å². The third kappa shape index (κ3) is 2.85. The topological polar surface area (TPSA) is 52.3 Å². The molecule has 4 heteroatoms. The number of ketones is 1. The minimum atomic E-state index is -0.0760. The molecule has 0 bridgehead atoms. The summed E-state index contributed by atoms with van der Waals surface area (Å²) in [5.74, 6) is 0.737. The second kappa shape index (κ2) is 5.29. The lowest BCUT2D eigenvalue weighted by molar-refractivity contribution is 0.103. The zero-order valence-electron chi connectivity index (χ0n) is 10.8. The first-order chi connectivity index (χ1) is 9.63. The number of nitrogen functional groups attached to an aromatic ring is 1.